The van der Waals surface area contributed by atoms with Crippen molar-refractivity contribution in [2.75, 3.05) is 4.90 Å². The van der Waals surface area contributed by atoms with E-state index in [2.05, 4.69) is 0 Å². The van der Waals surface area contributed by atoms with Gasteiger partial charge in [0.15, 0.2) is 0 Å². The first-order chi connectivity index (χ1) is 10.6. The number of hydrogen-bond acceptors (Lipinski definition) is 2. The smallest absolute Gasteiger partial charge is 0.234 e. The van der Waals surface area contributed by atoms with E-state index in [0.29, 0.717) is 0 Å². The molecule has 0 aromatic heterocycles. The molecule has 0 radical (unpaired) electrons. The van der Waals surface area contributed by atoms with Gasteiger partial charge < -0.3 is 0 Å². The molecule has 0 N–H and O–H groups in total. The number of nitrogens with zero attached hydrogens (tertiary/aromatic N) is 1. The lowest BCUT2D eigenvalue weighted by atomic mass is 9.88. The molecule has 0 bridgehead atoms. The molecule has 1 saturated heterocycles. The first-order valence-corrected chi connectivity index (χ1v) is 8.00. The molecule has 112 valence electrons. The van der Waals surface area contributed by atoms with Crippen molar-refractivity contribution in [3.05, 3.63) is 63.5 Å². The Balaban J connectivity index is 1.88. The molecule has 0 spiro atoms. The van der Waals surface area contributed by atoms with E-state index >= 15 is 0 Å². The normalized spacial score (nSPS) is 16.2. The Morgan fingerprint density at radius 1 is 1.00 bits per heavy atom. The second-order valence-corrected chi connectivity index (χ2v) is 6.48. The summed E-state index contributed by atoms with van der Waals surface area (Å²) in [6.07, 6.45) is 0.419. The minimum atomic E-state index is -0.549. The van der Waals surface area contributed by atoms with E-state index in [-0.39, 0.29) is 36.3 Å². The van der Waals surface area contributed by atoms with Crippen LogP contribution in [-0.4, -0.2) is 11.8 Å². The lowest BCUT2D eigenvalue weighted by Crippen LogP contribution is -2.43. The van der Waals surface area contributed by atoms with Crippen LogP contribution in [0.4, 0.5) is 10.1 Å². The van der Waals surface area contributed by atoms with Crippen LogP contribution in [0, 0.1) is 9.39 Å². The highest BCUT2D eigenvalue weighted by Gasteiger charge is 2.35. The van der Waals surface area contributed by atoms with Crippen LogP contribution in [0.25, 0.3) is 0 Å². The van der Waals surface area contributed by atoms with Gasteiger partial charge in [0.25, 0.3) is 0 Å². The van der Waals surface area contributed by atoms with Crippen LogP contribution in [0.5, 0.6) is 0 Å². The molecule has 5 heteroatoms. The average molecular weight is 409 g/mol. The second kappa shape index (κ2) is 6.16. The Labute approximate surface area is 141 Å². The highest BCUT2D eigenvalue weighted by molar-refractivity contribution is 14.1. The molecule has 0 saturated carbocycles. The summed E-state index contributed by atoms with van der Waals surface area (Å²) in [6.45, 7) is 0. The van der Waals surface area contributed by atoms with Crippen molar-refractivity contribution in [3.63, 3.8) is 0 Å². The van der Waals surface area contributed by atoms with E-state index in [1.165, 1.54) is 12.1 Å². The third kappa shape index (κ3) is 2.90. The fraction of sp³-hybridized carbons (Fsp3) is 0.176. The van der Waals surface area contributed by atoms with E-state index in [9.17, 15) is 14.0 Å². The van der Waals surface area contributed by atoms with Gasteiger partial charge in [-0.05, 0) is 46.4 Å². The molecule has 0 atom stereocenters. The van der Waals surface area contributed by atoms with Gasteiger partial charge >= 0.3 is 0 Å². The van der Waals surface area contributed by atoms with Crippen LogP contribution in [0.2, 0.25) is 0 Å². The number of rotatable bonds is 2. The van der Waals surface area contributed by atoms with E-state index in [4.69, 9.17) is 0 Å². The molecular weight excluding hydrogens is 396 g/mol. The number of anilines is 1. The Kier molecular flexibility index (Phi) is 4.24. The van der Waals surface area contributed by atoms with Crippen LogP contribution >= 0.6 is 22.6 Å². The van der Waals surface area contributed by atoms with Gasteiger partial charge in [-0.15, -0.1) is 0 Å². The highest BCUT2D eigenvalue weighted by Crippen LogP contribution is 2.33. The standard InChI is InChI=1S/C17H13FINO2/c18-14-10-13(19)6-7-15(14)20-16(21)8-12(9-17(20)22)11-4-2-1-3-5-11/h1-7,10,12H,8-9H2. The second-order valence-electron chi connectivity index (χ2n) is 5.23. The molecule has 1 aliphatic heterocycles. The van der Waals surface area contributed by atoms with Crippen molar-refractivity contribution in [3.8, 4) is 0 Å². The molecule has 1 heterocycles. The maximum absolute atomic E-state index is 14.1. The summed E-state index contributed by atoms with van der Waals surface area (Å²) in [5, 5.41) is 0. The van der Waals surface area contributed by atoms with Crippen molar-refractivity contribution in [1.29, 1.82) is 0 Å². The Bertz CT molecular complexity index is 715. The first-order valence-electron chi connectivity index (χ1n) is 6.92. The highest BCUT2D eigenvalue weighted by atomic mass is 127. The number of hydrogen-bond donors (Lipinski definition) is 0. The van der Waals surface area contributed by atoms with E-state index in [1.54, 1.807) is 6.07 Å². The molecule has 0 aliphatic carbocycles. The molecule has 2 amide bonds. The fourth-order valence-electron chi connectivity index (χ4n) is 2.71. The van der Waals surface area contributed by atoms with Crippen LogP contribution in [0.3, 0.4) is 0 Å². The predicted octanol–water partition coefficient (Wildman–Crippen LogP) is 3.87. The Hall–Kier alpha value is -1.76. The quantitative estimate of drug-likeness (QED) is 0.558. The minimum absolute atomic E-state index is 0.0435. The van der Waals surface area contributed by atoms with Gasteiger partial charge in [0.05, 0.1) is 5.69 Å². The number of amides is 2. The number of imide groups is 1. The summed E-state index contributed by atoms with van der Waals surface area (Å²) in [5.41, 5.74) is 1.01. The Morgan fingerprint density at radius 2 is 1.64 bits per heavy atom. The topological polar surface area (TPSA) is 37.4 Å². The number of halogens is 2. The van der Waals surface area contributed by atoms with Gasteiger partial charge in [0, 0.05) is 22.3 Å². The molecule has 22 heavy (non-hydrogen) atoms. The summed E-state index contributed by atoms with van der Waals surface area (Å²) >= 11 is 1.99. The van der Waals surface area contributed by atoms with Gasteiger partial charge in [0.1, 0.15) is 5.82 Å². The number of piperidine rings is 1. The van der Waals surface area contributed by atoms with Crippen molar-refractivity contribution in [2.24, 2.45) is 0 Å². The van der Waals surface area contributed by atoms with Crippen LogP contribution < -0.4 is 4.90 Å². The molecular formula is C17H13FINO2. The zero-order chi connectivity index (χ0) is 15.7. The maximum atomic E-state index is 14.1. The zero-order valence-electron chi connectivity index (χ0n) is 11.6. The number of carbonyl (C=O) groups is 2. The number of carbonyl (C=O) groups excluding carboxylic acids is 2. The molecule has 1 fully saturated rings. The van der Waals surface area contributed by atoms with E-state index < -0.39 is 5.82 Å². The largest absolute Gasteiger partial charge is 0.274 e. The lowest BCUT2D eigenvalue weighted by Gasteiger charge is -2.30. The Morgan fingerprint density at radius 3 is 2.23 bits per heavy atom. The van der Waals surface area contributed by atoms with Gasteiger partial charge in [-0.25, -0.2) is 9.29 Å². The molecule has 0 unspecified atom stereocenters. The van der Waals surface area contributed by atoms with Crippen molar-refractivity contribution < 1.29 is 14.0 Å². The minimum Gasteiger partial charge on any atom is -0.274 e. The summed E-state index contributed by atoms with van der Waals surface area (Å²) in [7, 11) is 0. The first kappa shape index (κ1) is 15.1. The van der Waals surface area contributed by atoms with Crippen molar-refractivity contribution >= 4 is 40.1 Å². The molecule has 3 rings (SSSR count). The zero-order valence-corrected chi connectivity index (χ0v) is 13.8. The van der Waals surface area contributed by atoms with Crippen molar-refractivity contribution in [2.45, 2.75) is 18.8 Å². The van der Waals surface area contributed by atoms with Crippen molar-refractivity contribution in [1.82, 2.24) is 0 Å². The van der Waals surface area contributed by atoms with E-state index in [0.717, 1.165) is 14.0 Å². The lowest BCUT2D eigenvalue weighted by molar-refractivity contribution is -0.129. The molecule has 2 aromatic rings. The predicted molar refractivity (Wildman–Crippen MR) is 90.0 cm³/mol. The van der Waals surface area contributed by atoms with Crippen LogP contribution in [-0.2, 0) is 9.59 Å². The average Bonchev–Trinajstić information content (AvgIpc) is 2.49. The third-order valence-corrected chi connectivity index (χ3v) is 4.43. The molecule has 2 aromatic carbocycles. The van der Waals surface area contributed by atoms with Gasteiger partial charge in [0.2, 0.25) is 11.8 Å². The van der Waals surface area contributed by atoms with Crippen LogP contribution in [0.15, 0.2) is 48.5 Å². The number of benzene rings is 2. The monoisotopic (exact) mass is 409 g/mol. The van der Waals surface area contributed by atoms with Crippen LogP contribution in [0.1, 0.15) is 24.3 Å². The summed E-state index contributed by atoms with van der Waals surface area (Å²) in [4.78, 5) is 25.7. The summed E-state index contributed by atoms with van der Waals surface area (Å²) < 4.78 is 14.8. The van der Waals surface area contributed by atoms with Gasteiger partial charge in [-0.2, -0.15) is 0 Å². The van der Waals surface area contributed by atoms with Gasteiger partial charge in [-0.3, -0.25) is 9.59 Å². The SMILES string of the molecule is O=C1CC(c2ccccc2)CC(=O)N1c1ccc(I)cc1F. The third-order valence-electron chi connectivity index (χ3n) is 3.76. The maximum Gasteiger partial charge on any atom is 0.234 e. The van der Waals surface area contributed by atoms with E-state index in [1.807, 2.05) is 52.9 Å². The summed E-state index contributed by atoms with van der Waals surface area (Å²) in [5.74, 6) is -1.40. The molecule has 1 aliphatic rings. The summed E-state index contributed by atoms with van der Waals surface area (Å²) in [6, 6.07) is 14.0. The van der Waals surface area contributed by atoms with Gasteiger partial charge in [-0.1, -0.05) is 30.3 Å². The fourth-order valence-corrected chi connectivity index (χ4v) is 3.16. The molecule has 3 nitrogen and oxygen atoms in total.